The van der Waals surface area contributed by atoms with Gasteiger partial charge in [-0.25, -0.2) is 0 Å². The number of fused-ring (bicyclic) bond motifs is 1. The lowest BCUT2D eigenvalue weighted by Crippen LogP contribution is -2.35. The Bertz CT molecular complexity index is 731. The second-order valence-electron chi connectivity index (χ2n) is 7.46. The van der Waals surface area contributed by atoms with Gasteiger partial charge in [0.1, 0.15) is 0 Å². The highest BCUT2D eigenvalue weighted by molar-refractivity contribution is 5.83. The molecule has 1 amide bonds. The summed E-state index contributed by atoms with van der Waals surface area (Å²) in [6, 6.07) is 14.0. The minimum Gasteiger partial charge on any atom is -0.481 e. The molecule has 4 nitrogen and oxygen atoms in total. The fourth-order valence-electron chi connectivity index (χ4n) is 2.68. The van der Waals surface area contributed by atoms with Crippen molar-refractivity contribution in [2.75, 3.05) is 6.54 Å². The van der Waals surface area contributed by atoms with Crippen LogP contribution < -0.4 is 5.32 Å². The van der Waals surface area contributed by atoms with E-state index in [1.165, 1.54) is 0 Å². The van der Waals surface area contributed by atoms with Gasteiger partial charge in [-0.2, -0.15) is 0 Å². The molecule has 0 heterocycles. The molecule has 0 aliphatic carbocycles. The Balaban J connectivity index is 2.02. The Hall–Kier alpha value is -2.36. The first-order valence-corrected chi connectivity index (χ1v) is 8.22. The Morgan fingerprint density at radius 3 is 2.38 bits per heavy atom. The smallest absolute Gasteiger partial charge is 0.308 e. The molecular formula is C20H25NO3. The SMILES string of the molecule is CC(C)(C)CC(=O)NCC(Cc1ccc2ccccc2c1)C(=O)O. The Morgan fingerprint density at radius 2 is 1.75 bits per heavy atom. The number of hydrogen-bond acceptors (Lipinski definition) is 2. The summed E-state index contributed by atoms with van der Waals surface area (Å²) in [6.45, 7) is 6.10. The fraction of sp³-hybridized carbons (Fsp3) is 0.400. The maximum absolute atomic E-state index is 11.9. The zero-order valence-electron chi connectivity index (χ0n) is 14.5. The molecule has 0 bridgehead atoms. The van der Waals surface area contributed by atoms with E-state index in [1.807, 2.05) is 63.2 Å². The number of amides is 1. The van der Waals surface area contributed by atoms with Gasteiger partial charge in [-0.3, -0.25) is 9.59 Å². The minimum atomic E-state index is -0.890. The maximum atomic E-state index is 11.9. The largest absolute Gasteiger partial charge is 0.481 e. The monoisotopic (exact) mass is 327 g/mol. The van der Waals surface area contributed by atoms with E-state index in [4.69, 9.17) is 0 Å². The van der Waals surface area contributed by atoms with E-state index in [-0.39, 0.29) is 17.9 Å². The average molecular weight is 327 g/mol. The quantitative estimate of drug-likeness (QED) is 0.851. The summed E-state index contributed by atoms with van der Waals surface area (Å²) >= 11 is 0. The molecule has 0 aliphatic rings. The van der Waals surface area contributed by atoms with E-state index >= 15 is 0 Å². The molecule has 2 N–H and O–H groups in total. The van der Waals surface area contributed by atoms with Gasteiger partial charge in [0.05, 0.1) is 5.92 Å². The third-order valence-electron chi connectivity index (χ3n) is 3.88. The molecule has 0 aliphatic heterocycles. The lowest BCUT2D eigenvalue weighted by atomic mass is 9.91. The van der Waals surface area contributed by atoms with Crippen LogP contribution in [-0.4, -0.2) is 23.5 Å². The van der Waals surface area contributed by atoms with Gasteiger partial charge in [0.2, 0.25) is 5.91 Å². The average Bonchev–Trinajstić information content (AvgIpc) is 2.49. The second kappa shape index (κ2) is 7.47. The molecule has 0 spiro atoms. The van der Waals surface area contributed by atoms with Gasteiger partial charge in [-0.1, -0.05) is 63.2 Å². The van der Waals surface area contributed by atoms with Crippen molar-refractivity contribution in [3.63, 3.8) is 0 Å². The number of rotatable bonds is 6. The van der Waals surface area contributed by atoms with Gasteiger partial charge in [0.15, 0.2) is 0 Å². The van der Waals surface area contributed by atoms with Gasteiger partial charge in [0.25, 0.3) is 0 Å². The van der Waals surface area contributed by atoms with Crippen molar-refractivity contribution >= 4 is 22.6 Å². The number of nitrogens with one attached hydrogen (secondary N) is 1. The second-order valence-corrected chi connectivity index (χ2v) is 7.46. The van der Waals surface area contributed by atoms with Crippen LogP contribution in [0, 0.1) is 11.3 Å². The Labute approximate surface area is 142 Å². The summed E-state index contributed by atoms with van der Waals surface area (Å²) in [6.07, 6.45) is 0.783. The van der Waals surface area contributed by atoms with Crippen molar-refractivity contribution < 1.29 is 14.7 Å². The zero-order chi connectivity index (χ0) is 17.7. The van der Waals surface area contributed by atoms with Crippen LogP contribution in [0.25, 0.3) is 10.8 Å². The van der Waals surface area contributed by atoms with Crippen molar-refractivity contribution in [2.24, 2.45) is 11.3 Å². The summed E-state index contributed by atoms with van der Waals surface area (Å²) in [5.74, 6) is -1.62. The number of carbonyl (C=O) groups is 2. The highest BCUT2D eigenvalue weighted by atomic mass is 16.4. The third-order valence-corrected chi connectivity index (χ3v) is 3.88. The van der Waals surface area contributed by atoms with Gasteiger partial charge >= 0.3 is 5.97 Å². The molecule has 1 atom stereocenters. The van der Waals surface area contributed by atoms with Crippen molar-refractivity contribution in [1.29, 1.82) is 0 Å². The van der Waals surface area contributed by atoms with Crippen molar-refractivity contribution in [3.8, 4) is 0 Å². The van der Waals surface area contributed by atoms with Crippen molar-refractivity contribution in [2.45, 2.75) is 33.6 Å². The van der Waals surface area contributed by atoms with Gasteiger partial charge in [-0.15, -0.1) is 0 Å². The summed E-state index contributed by atoms with van der Waals surface area (Å²) in [5.41, 5.74) is 0.854. The Morgan fingerprint density at radius 1 is 1.08 bits per heavy atom. The number of hydrogen-bond donors (Lipinski definition) is 2. The van der Waals surface area contributed by atoms with Crippen LogP contribution in [0.1, 0.15) is 32.8 Å². The van der Waals surface area contributed by atoms with E-state index in [0.717, 1.165) is 16.3 Å². The molecule has 0 fully saturated rings. The van der Waals surface area contributed by atoms with E-state index in [2.05, 4.69) is 5.32 Å². The standard InChI is InChI=1S/C20H25NO3/c1-20(2,3)12-18(22)21-13-17(19(23)24)11-14-8-9-15-6-4-5-7-16(15)10-14/h4-10,17H,11-13H2,1-3H3,(H,21,22)(H,23,24). The summed E-state index contributed by atoms with van der Waals surface area (Å²) < 4.78 is 0. The van der Waals surface area contributed by atoms with Gasteiger partial charge in [0, 0.05) is 13.0 Å². The molecule has 0 radical (unpaired) electrons. The summed E-state index contributed by atoms with van der Waals surface area (Å²) in [5, 5.41) is 14.4. The van der Waals surface area contributed by atoms with Crippen LogP contribution in [0.15, 0.2) is 42.5 Å². The number of benzene rings is 2. The fourth-order valence-corrected chi connectivity index (χ4v) is 2.68. The van der Waals surface area contributed by atoms with Gasteiger partial charge < -0.3 is 10.4 Å². The zero-order valence-corrected chi connectivity index (χ0v) is 14.5. The topological polar surface area (TPSA) is 66.4 Å². The molecule has 128 valence electrons. The minimum absolute atomic E-state index is 0.104. The lowest BCUT2D eigenvalue weighted by Gasteiger charge is -2.19. The van der Waals surface area contributed by atoms with E-state index < -0.39 is 11.9 Å². The number of carbonyl (C=O) groups excluding carboxylic acids is 1. The number of carboxylic acid groups (broad SMARTS) is 1. The molecule has 0 aromatic heterocycles. The van der Waals surface area contributed by atoms with E-state index in [1.54, 1.807) is 0 Å². The van der Waals surface area contributed by atoms with Crippen molar-refractivity contribution in [1.82, 2.24) is 5.32 Å². The van der Waals surface area contributed by atoms with Crippen LogP contribution in [0.5, 0.6) is 0 Å². The molecular weight excluding hydrogens is 302 g/mol. The molecule has 24 heavy (non-hydrogen) atoms. The van der Waals surface area contributed by atoms with E-state index in [9.17, 15) is 14.7 Å². The molecule has 0 saturated heterocycles. The van der Waals surface area contributed by atoms with E-state index in [0.29, 0.717) is 12.8 Å². The molecule has 4 heteroatoms. The summed E-state index contributed by atoms with van der Waals surface area (Å²) in [4.78, 5) is 23.4. The first-order chi connectivity index (χ1) is 11.2. The number of aliphatic carboxylic acids is 1. The normalized spacial score (nSPS) is 12.8. The molecule has 2 aromatic rings. The highest BCUT2D eigenvalue weighted by Gasteiger charge is 2.21. The molecule has 2 aromatic carbocycles. The Kier molecular flexibility index (Phi) is 5.60. The van der Waals surface area contributed by atoms with Gasteiger partial charge in [-0.05, 0) is 28.2 Å². The molecule has 1 unspecified atom stereocenters. The molecule has 2 rings (SSSR count). The van der Waals surface area contributed by atoms with Crippen LogP contribution >= 0.6 is 0 Å². The predicted molar refractivity (Wildman–Crippen MR) is 95.9 cm³/mol. The van der Waals surface area contributed by atoms with Crippen LogP contribution in [0.3, 0.4) is 0 Å². The van der Waals surface area contributed by atoms with Crippen LogP contribution in [0.4, 0.5) is 0 Å². The number of carboxylic acids is 1. The first kappa shape index (κ1) is 18.0. The lowest BCUT2D eigenvalue weighted by molar-refractivity contribution is -0.141. The van der Waals surface area contributed by atoms with Crippen LogP contribution in [0.2, 0.25) is 0 Å². The highest BCUT2D eigenvalue weighted by Crippen LogP contribution is 2.19. The first-order valence-electron chi connectivity index (χ1n) is 8.22. The van der Waals surface area contributed by atoms with Crippen molar-refractivity contribution in [3.05, 3.63) is 48.0 Å². The maximum Gasteiger partial charge on any atom is 0.308 e. The third kappa shape index (κ3) is 5.37. The molecule has 0 saturated carbocycles. The van der Waals surface area contributed by atoms with Crippen LogP contribution in [-0.2, 0) is 16.0 Å². The summed E-state index contributed by atoms with van der Waals surface area (Å²) in [7, 11) is 0. The predicted octanol–water partition coefficient (Wildman–Crippen LogP) is 3.64.